The van der Waals surface area contributed by atoms with Crippen molar-refractivity contribution < 1.29 is 14.3 Å². The van der Waals surface area contributed by atoms with Crippen LogP contribution >= 0.6 is 0 Å². The third-order valence-electron chi connectivity index (χ3n) is 3.89. The summed E-state index contributed by atoms with van der Waals surface area (Å²) >= 11 is 0. The van der Waals surface area contributed by atoms with Crippen LogP contribution < -0.4 is 0 Å². The van der Waals surface area contributed by atoms with E-state index in [0.717, 1.165) is 22.2 Å². The van der Waals surface area contributed by atoms with E-state index in [1.54, 1.807) is 0 Å². The molecule has 0 fully saturated rings. The molecule has 116 valence electrons. The molecule has 22 heavy (non-hydrogen) atoms. The van der Waals surface area contributed by atoms with Crippen LogP contribution in [0, 0.1) is 6.92 Å². The van der Waals surface area contributed by atoms with Gasteiger partial charge in [0.2, 0.25) is 0 Å². The lowest BCUT2D eigenvalue weighted by molar-refractivity contribution is -0.161. The summed E-state index contributed by atoms with van der Waals surface area (Å²) in [6, 6.07) is 7.28. The molecule has 1 aromatic carbocycles. The lowest BCUT2D eigenvalue weighted by atomic mass is 10.0. The van der Waals surface area contributed by atoms with Crippen LogP contribution in [0.25, 0.3) is 10.9 Å². The van der Waals surface area contributed by atoms with E-state index in [2.05, 4.69) is 12.1 Å². The Morgan fingerprint density at radius 1 is 1.23 bits per heavy atom. The lowest BCUT2D eigenvalue weighted by Gasteiger charge is -2.28. The Kier molecular flexibility index (Phi) is 3.35. The van der Waals surface area contributed by atoms with Gasteiger partial charge < -0.3 is 9.30 Å². The minimum absolute atomic E-state index is 0.0696. The molecule has 0 saturated heterocycles. The molecular weight excluding hydrogens is 278 g/mol. The van der Waals surface area contributed by atoms with Crippen molar-refractivity contribution in [1.29, 1.82) is 0 Å². The number of Topliss-reactive ketones (excluding diaryl/α,β-unsaturated/α-hetero) is 1. The number of aromatic nitrogens is 1. The minimum atomic E-state index is -0.858. The highest BCUT2D eigenvalue weighted by Crippen LogP contribution is 2.32. The minimum Gasteiger partial charge on any atom is -0.458 e. The molecule has 0 bridgehead atoms. The molecule has 1 aliphatic heterocycles. The highest BCUT2D eigenvalue weighted by Gasteiger charge is 2.37. The van der Waals surface area contributed by atoms with Gasteiger partial charge in [0.1, 0.15) is 5.60 Å². The Labute approximate surface area is 130 Å². The number of hydrogen-bond acceptors (Lipinski definition) is 3. The van der Waals surface area contributed by atoms with Gasteiger partial charge in [-0.05, 0) is 52.3 Å². The molecule has 2 aromatic rings. The number of carbonyl (C=O) groups is 2. The molecule has 1 atom stereocenters. The first-order valence-corrected chi connectivity index (χ1v) is 7.62. The SMILES string of the molecule is Cc1ccc2c(c1)cc1n2C(C(=O)OC(C)(C)C)C(=O)CC1. The first-order valence-electron chi connectivity index (χ1n) is 7.62. The van der Waals surface area contributed by atoms with E-state index in [0.29, 0.717) is 12.8 Å². The van der Waals surface area contributed by atoms with Crippen molar-refractivity contribution in [2.75, 3.05) is 0 Å². The number of carbonyl (C=O) groups excluding carboxylic acids is 2. The summed E-state index contributed by atoms with van der Waals surface area (Å²) in [4.78, 5) is 24.9. The fourth-order valence-corrected chi connectivity index (χ4v) is 3.04. The molecule has 3 rings (SSSR count). The molecule has 0 N–H and O–H groups in total. The molecule has 0 aliphatic carbocycles. The summed E-state index contributed by atoms with van der Waals surface area (Å²) in [7, 11) is 0. The highest BCUT2D eigenvalue weighted by molar-refractivity contribution is 6.04. The number of fused-ring (bicyclic) bond motifs is 3. The monoisotopic (exact) mass is 299 g/mol. The van der Waals surface area contributed by atoms with Gasteiger partial charge in [0.05, 0.1) is 0 Å². The topological polar surface area (TPSA) is 48.3 Å². The summed E-state index contributed by atoms with van der Waals surface area (Å²) in [5.41, 5.74) is 2.50. The predicted molar refractivity (Wildman–Crippen MR) is 84.9 cm³/mol. The zero-order chi connectivity index (χ0) is 16.1. The molecule has 0 spiro atoms. The quantitative estimate of drug-likeness (QED) is 0.599. The summed E-state index contributed by atoms with van der Waals surface area (Å²) in [6.45, 7) is 7.48. The molecule has 1 unspecified atom stereocenters. The highest BCUT2D eigenvalue weighted by atomic mass is 16.6. The van der Waals surface area contributed by atoms with Crippen molar-refractivity contribution in [3.8, 4) is 0 Å². The Hall–Kier alpha value is -2.10. The van der Waals surface area contributed by atoms with Crippen LogP contribution in [0.3, 0.4) is 0 Å². The molecule has 2 heterocycles. The van der Waals surface area contributed by atoms with Gasteiger partial charge in [-0.15, -0.1) is 0 Å². The Morgan fingerprint density at radius 2 is 1.95 bits per heavy atom. The average molecular weight is 299 g/mol. The molecule has 0 saturated carbocycles. The molecule has 0 amide bonds. The van der Waals surface area contributed by atoms with E-state index < -0.39 is 17.6 Å². The largest absolute Gasteiger partial charge is 0.458 e. The van der Waals surface area contributed by atoms with Gasteiger partial charge in [-0.1, -0.05) is 11.6 Å². The Morgan fingerprint density at radius 3 is 2.64 bits per heavy atom. The summed E-state index contributed by atoms with van der Waals surface area (Å²) in [6.07, 6.45) is 1.06. The zero-order valence-corrected chi connectivity index (χ0v) is 13.5. The number of benzene rings is 1. The van der Waals surface area contributed by atoms with Crippen LogP contribution in [0.4, 0.5) is 0 Å². The summed E-state index contributed by atoms with van der Waals surface area (Å²) in [5.74, 6) is -0.531. The third-order valence-corrected chi connectivity index (χ3v) is 3.89. The van der Waals surface area contributed by atoms with Crippen molar-refractivity contribution in [3.63, 3.8) is 0 Å². The van der Waals surface area contributed by atoms with Gasteiger partial charge >= 0.3 is 5.97 Å². The molecule has 1 aromatic heterocycles. The number of ketones is 1. The number of ether oxygens (including phenoxy) is 1. The van der Waals surface area contributed by atoms with Crippen LogP contribution in [0.15, 0.2) is 24.3 Å². The summed E-state index contributed by atoms with van der Waals surface area (Å²) in [5, 5.41) is 1.07. The van der Waals surface area contributed by atoms with Crippen LogP contribution in [0.2, 0.25) is 0 Å². The van der Waals surface area contributed by atoms with Gasteiger partial charge in [0.25, 0.3) is 0 Å². The van der Waals surface area contributed by atoms with Crippen molar-refractivity contribution in [1.82, 2.24) is 4.57 Å². The van der Waals surface area contributed by atoms with Crippen molar-refractivity contribution in [2.45, 2.75) is 52.2 Å². The second-order valence-electron chi connectivity index (χ2n) is 6.97. The first-order chi connectivity index (χ1) is 10.3. The maximum Gasteiger partial charge on any atom is 0.337 e. The Bertz CT molecular complexity index is 764. The van der Waals surface area contributed by atoms with E-state index in [1.165, 1.54) is 0 Å². The van der Waals surface area contributed by atoms with Gasteiger partial charge in [-0.2, -0.15) is 0 Å². The number of nitrogens with zero attached hydrogens (tertiary/aromatic N) is 1. The van der Waals surface area contributed by atoms with Gasteiger partial charge in [-0.3, -0.25) is 4.79 Å². The van der Waals surface area contributed by atoms with E-state index >= 15 is 0 Å². The smallest absolute Gasteiger partial charge is 0.337 e. The number of hydrogen-bond donors (Lipinski definition) is 0. The fourth-order valence-electron chi connectivity index (χ4n) is 3.04. The number of rotatable bonds is 1. The Balaban J connectivity index is 2.12. The van der Waals surface area contributed by atoms with Crippen LogP contribution in [0.5, 0.6) is 0 Å². The second-order valence-corrected chi connectivity index (χ2v) is 6.97. The van der Waals surface area contributed by atoms with Gasteiger partial charge in [-0.25, -0.2) is 4.79 Å². The maximum atomic E-state index is 12.5. The first kappa shape index (κ1) is 14.8. The van der Waals surface area contributed by atoms with E-state index in [9.17, 15) is 9.59 Å². The number of esters is 1. The van der Waals surface area contributed by atoms with Gasteiger partial charge in [0, 0.05) is 23.0 Å². The van der Waals surface area contributed by atoms with Crippen molar-refractivity contribution in [2.24, 2.45) is 0 Å². The van der Waals surface area contributed by atoms with Gasteiger partial charge in [0.15, 0.2) is 11.8 Å². The van der Waals surface area contributed by atoms with Crippen molar-refractivity contribution in [3.05, 3.63) is 35.5 Å². The van der Waals surface area contributed by atoms with E-state index in [-0.39, 0.29) is 5.78 Å². The van der Waals surface area contributed by atoms with E-state index in [4.69, 9.17) is 4.74 Å². The van der Waals surface area contributed by atoms with Crippen LogP contribution in [-0.2, 0) is 20.7 Å². The zero-order valence-electron chi connectivity index (χ0n) is 13.5. The van der Waals surface area contributed by atoms with Crippen LogP contribution in [-0.4, -0.2) is 21.9 Å². The van der Waals surface area contributed by atoms with E-state index in [1.807, 2.05) is 44.4 Å². The molecule has 0 radical (unpaired) electrons. The second kappa shape index (κ2) is 4.97. The molecule has 4 nitrogen and oxygen atoms in total. The summed E-state index contributed by atoms with van der Waals surface area (Å²) < 4.78 is 7.32. The molecular formula is C18H21NO3. The lowest BCUT2D eigenvalue weighted by Crippen LogP contribution is -2.37. The average Bonchev–Trinajstić information content (AvgIpc) is 2.73. The normalized spacial score (nSPS) is 18.4. The third kappa shape index (κ3) is 2.54. The number of aryl methyl sites for hydroxylation is 2. The maximum absolute atomic E-state index is 12.5. The molecule has 1 aliphatic rings. The molecule has 4 heteroatoms. The van der Waals surface area contributed by atoms with Crippen molar-refractivity contribution >= 4 is 22.7 Å². The predicted octanol–water partition coefficient (Wildman–Crippen LogP) is 3.35. The standard InChI is InChI=1S/C18H21NO3/c1-11-5-7-14-12(9-11)10-13-6-8-15(20)16(19(13)14)17(21)22-18(2,3)4/h5,7,9-10,16H,6,8H2,1-4H3. The fraction of sp³-hybridized carbons (Fsp3) is 0.444. The van der Waals surface area contributed by atoms with Crippen LogP contribution in [0.1, 0.15) is 44.5 Å².